The molecule has 0 saturated carbocycles. The number of imidazole rings is 1. The molecule has 3 aromatic heterocycles. The number of benzene rings is 1. The Bertz CT molecular complexity index is 1750. The Morgan fingerprint density at radius 2 is 2.02 bits per heavy atom. The van der Waals surface area contributed by atoms with Gasteiger partial charge in [-0.1, -0.05) is 5.92 Å². The average Bonchev–Trinajstić information content (AvgIpc) is 3.21. The van der Waals surface area contributed by atoms with Gasteiger partial charge in [0.2, 0.25) is 5.91 Å². The molecule has 12 nitrogen and oxygen atoms in total. The molecule has 0 aliphatic carbocycles. The second kappa shape index (κ2) is 13.6. The number of likely N-dealkylation sites (N-methyl/N-ethyl adjacent to an activating group) is 1. The number of hydrogen-bond donors (Lipinski definition) is 2. The molecule has 0 saturated heterocycles. The minimum Gasteiger partial charge on any atom is -1.00 e. The highest BCUT2D eigenvalue weighted by Crippen LogP contribution is 2.27. The van der Waals surface area contributed by atoms with Gasteiger partial charge >= 0.3 is 5.82 Å². The molecule has 0 aliphatic rings. The molecule has 1 amide bonds. The van der Waals surface area contributed by atoms with Crippen LogP contribution in [-0.2, 0) is 18.4 Å². The van der Waals surface area contributed by atoms with Crippen molar-refractivity contribution in [2.24, 2.45) is 7.05 Å². The van der Waals surface area contributed by atoms with Crippen molar-refractivity contribution in [3.8, 4) is 11.8 Å². The highest BCUT2D eigenvalue weighted by molar-refractivity contribution is 9.10. The van der Waals surface area contributed by atoms with Crippen LogP contribution < -0.4 is 27.6 Å². The van der Waals surface area contributed by atoms with E-state index in [1.54, 1.807) is 42.8 Å². The topological polar surface area (TPSA) is 141 Å². The lowest BCUT2D eigenvalue weighted by Gasteiger charge is -2.28. The Labute approximate surface area is 259 Å². The number of nitrogens with one attached hydrogen (secondary N) is 2. The van der Waals surface area contributed by atoms with E-state index in [2.05, 4.69) is 58.3 Å². The molecule has 15 heteroatoms. The Morgan fingerprint density at radius 3 is 2.71 bits per heavy atom. The Hall–Kier alpha value is -4.26. The molecular formula is C27H26Br2FN9O3. The van der Waals surface area contributed by atoms with Crippen LogP contribution in [0.4, 0.5) is 27.5 Å². The number of halogens is 3. The summed E-state index contributed by atoms with van der Waals surface area (Å²) < 4.78 is 16.2. The van der Waals surface area contributed by atoms with Crippen molar-refractivity contribution in [2.45, 2.75) is 13.5 Å². The monoisotopic (exact) mass is 701 g/mol. The lowest BCUT2D eigenvalue weighted by Crippen LogP contribution is -3.00. The number of nitrogens with zero attached hydrogens (tertiary/aromatic N) is 7. The molecule has 0 unspecified atom stereocenters. The van der Waals surface area contributed by atoms with Crippen molar-refractivity contribution in [1.29, 1.82) is 0 Å². The van der Waals surface area contributed by atoms with Gasteiger partial charge in [-0.25, -0.2) is 19.3 Å². The van der Waals surface area contributed by atoms with E-state index in [1.807, 2.05) is 14.1 Å². The van der Waals surface area contributed by atoms with E-state index in [1.165, 1.54) is 24.7 Å². The number of amides is 1. The zero-order valence-corrected chi connectivity index (χ0v) is 26.2. The first-order chi connectivity index (χ1) is 19.5. The summed E-state index contributed by atoms with van der Waals surface area (Å²) in [6, 6.07) is 6.23. The van der Waals surface area contributed by atoms with Crippen molar-refractivity contribution in [3.63, 3.8) is 0 Å². The molecule has 4 aromatic rings. The molecule has 4 rings (SSSR count). The number of carbonyl (C=O) groups excluding carboxylic acids is 1. The second-order valence-electron chi connectivity index (χ2n) is 9.63. The first-order valence-electron chi connectivity index (χ1n) is 12.2. The van der Waals surface area contributed by atoms with Crippen molar-refractivity contribution in [1.82, 2.24) is 24.5 Å². The highest BCUT2D eigenvalue weighted by atomic mass is 79.9. The third kappa shape index (κ3) is 7.72. The molecule has 0 spiro atoms. The Kier molecular flexibility index (Phi) is 10.4. The van der Waals surface area contributed by atoms with Gasteiger partial charge in [-0.05, 0) is 69.0 Å². The molecule has 0 fully saturated rings. The summed E-state index contributed by atoms with van der Waals surface area (Å²) in [5.74, 6) is 5.43. The Balaban J connectivity index is 0.00000484. The summed E-state index contributed by atoms with van der Waals surface area (Å²) in [7, 11) is 5.47. The molecule has 0 aliphatic heterocycles. The van der Waals surface area contributed by atoms with Crippen LogP contribution in [0.1, 0.15) is 18.4 Å². The van der Waals surface area contributed by atoms with E-state index < -0.39 is 16.6 Å². The number of nitro groups is 1. The normalized spacial score (nSPS) is 11.1. The van der Waals surface area contributed by atoms with Gasteiger partial charge in [-0.3, -0.25) is 9.36 Å². The predicted octanol–water partition coefficient (Wildman–Crippen LogP) is 1.46. The van der Waals surface area contributed by atoms with Crippen molar-refractivity contribution in [2.75, 3.05) is 31.3 Å². The third-order valence-corrected chi connectivity index (χ3v) is 6.65. The zero-order valence-electron chi connectivity index (χ0n) is 23.0. The fourth-order valence-electron chi connectivity index (χ4n) is 3.98. The summed E-state index contributed by atoms with van der Waals surface area (Å²) in [5.41, 5.74) is 1.46. The molecule has 1 aromatic carbocycles. The fourth-order valence-corrected chi connectivity index (χ4v) is 4.23. The number of rotatable bonds is 9. The summed E-state index contributed by atoms with van der Waals surface area (Å²) in [4.78, 5) is 40.4. The Morgan fingerprint density at radius 1 is 1.26 bits per heavy atom. The van der Waals surface area contributed by atoms with E-state index >= 15 is 0 Å². The molecule has 0 bridgehead atoms. The standard InChI is InChI=1S/C27H25BrFN9O3.BrH/c1-5-7-24-35-27(37(40)41)22(36(24)2)15-38(3,4)11-6-8-25(39)34-23-13-18-21(14-30-23)31-16-32-26(18)33-17-9-10-19(28)20(29)12-17;/h6,8-10,12-14,16H,11,15H2,1-4H3,(H-,30,31,32,33,34,39);1H/b8-6+;. The lowest BCUT2D eigenvalue weighted by molar-refractivity contribution is -0.898. The average molecular weight is 703 g/mol. The first kappa shape index (κ1) is 32.3. The number of fused-ring (bicyclic) bond motifs is 1. The van der Waals surface area contributed by atoms with Gasteiger partial charge in [0, 0.05) is 24.2 Å². The van der Waals surface area contributed by atoms with Crippen LogP contribution in [0, 0.1) is 27.8 Å². The van der Waals surface area contributed by atoms with E-state index in [0.29, 0.717) is 56.0 Å². The van der Waals surface area contributed by atoms with Crippen LogP contribution in [0.3, 0.4) is 0 Å². The molecule has 0 atom stereocenters. The first-order valence-corrected chi connectivity index (χ1v) is 13.0. The van der Waals surface area contributed by atoms with Gasteiger partial charge in [0.05, 0.1) is 36.8 Å². The number of anilines is 3. The van der Waals surface area contributed by atoms with E-state index in [0.717, 1.165) is 0 Å². The lowest BCUT2D eigenvalue weighted by atomic mass is 10.2. The van der Waals surface area contributed by atoms with E-state index in [-0.39, 0.29) is 28.6 Å². The zero-order chi connectivity index (χ0) is 29.7. The molecule has 2 N–H and O–H groups in total. The van der Waals surface area contributed by atoms with Gasteiger partial charge in [0.25, 0.3) is 5.82 Å². The quantitative estimate of drug-likeness (QED) is 0.0879. The van der Waals surface area contributed by atoms with Crippen LogP contribution in [-0.4, -0.2) is 60.5 Å². The van der Waals surface area contributed by atoms with Crippen LogP contribution in [0.5, 0.6) is 0 Å². The molecule has 0 radical (unpaired) electrons. The van der Waals surface area contributed by atoms with Crippen LogP contribution in [0.2, 0.25) is 0 Å². The van der Waals surface area contributed by atoms with Crippen molar-refractivity contribution >= 4 is 55.9 Å². The van der Waals surface area contributed by atoms with Crippen LogP contribution in [0.15, 0.2) is 53.4 Å². The fraction of sp³-hybridized carbons (Fsp3) is 0.222. The van der Waals surface area contributed by atoms with Gasteiger partial charge in [0.15, 0.2) is 5.69 Å². The largest absolute Gasteiger partial charge is 1.00 e. The molecule has 42 heavy (non-hydrogen) atoms. The van der Waals surface area contributed by atoms with Crippen molar-refractivity contribution in [3.05, 3.63) is 80.9 Å². The van der Waals surface area contributed by atoms with Crippen LogP contribution >= 0.6 is 15.9 Å². The highest BCUT2D eigenvalue weighted by Gasteiger charge is 2.30. The summed E-state index contributed by atoms with van der Waals surface area (Å²) in [5, 5.41) is 17.9. The molecular weight excluding hydrogens is 677 g/mol. The summed E-state index contributed by atoms with van der Waals surface area (Å²) in [6.07, 6.45) is 5.93. The SMILES string of the molecule is CC#Cc1nc([N+](=O)[O-])c(C[N+](C)(C)C/C=C/C(=O)Nc2cc3c(Nc4ccc(Br)c(F)c4)ncnc3cn2)n1C.[Br-]. The van der Waals surface area contributed by atoms with Crippen LogP contribution in [0.25, 0.3) is 10.9 Å². The molecule has 218 valence electrons. The second-order valence-corrected chi connectivity index (χ2v) is 10.5. The predicted molar refractivity (Wildman–Crippen MR) is 156 cm³/mol. The number of pyridine rings is 1. The van der Waals surface area contributed by atoms with Crippen molar-refractivity contribution < 1.29 is 35.6 Å². The maximum atomic E-state index is 14.0. The number of quaternary nitrogens is 1. The maximum Gasteiger partial charge on any atom is 0.392 e. The van der Waals surface area contributed by atoms with Gasteiger partial charge in [-0.15, -0.1) is 0 Å². The number of carbonyl (C=O) groups is 1. The third-order valence-electron chi connectivity index (χ3n) is 6.00. The number of aromatic nitrogens is 5. The van der Waals surface area contributed by atoms with E-state index in [4.69, 9.17) is 0 Å². The molecule has 3 heterocycles. The van der Waals surface area contributed by atoms with Gasteiger partial charge < -0.3 is 42.2 Å². The van der Waals surface area contributed by atoms with E-state index in [9.17, 15) is 19.3 Å². The van der Waals surface area contributed by atoms with Gasteiger partial charge in [-0.2, -0.15) is 0 Å². The minimum atomic E-state index is -0.515. The minimum absolute atomic E-state index is 0. The number of hydrogen-bond acceptors (Lipinski definition) is 8. The summed E-state index contributed by atoms with van der Waals surface area (Å²) in [6.45, 7) is 2.34. The smallest absolute Gasteiger partial charge is 0.392 e. The summed E-state index contributed by atoms with van der Waals surface area (Å²) >= 11 is 3.13. The van der Waals surface area contributed by atoms with Gasteiger partial charge in [0.1, 0.15) is 30.3 Å². The maximum absolute atomic E-state index is 14.0.